The molecule has 0 aliphatic heterocycles. The highest BCUT2D eigenvalue weighted by molar-refractivity contribution is 7.99. The molecule has 15 heavy (non-hydrogen) atoms. The topological polar surface area (TPSA) is 51.8 Å². The Morgan fingerprint density at radius 2 is 1.87 bits per heavy atom. The maximum absolute atomic E-state index is 5.82. The lowest BCUT2D eigenvalue weighted by Gasteiger charge is -2.07. The number of nitrogens with zero attached hydrogens (tertiary/aromatic N) is 2. The first-order chi connectivity index (χ1) is 6.61. The van der Waals surface area contributed by atoms with Crippen molar-refractivity contribution in [3.05, 3.63) is 17.5 Å². The van der Waals surface area contributed by atoms with Crippen LogP contribution in [0.2, 0.25) is 0 Å². The molecule has 1 unspecified atom stereocenters. The highest BCUT2D eigenvalue weighted by Crippen LogP contribution is 2.15. The molecule has 0 amide bonds. The standard InChI is InChI=1S/C10H17N3S.ClH/c1-4-9(11)6-14-10-12-7(2)5-8(3)13-10;/h5,9H,4,6,11H2,1-3H3;1H. The second-order valence-electron chi connectivity index (χ2n) is 3.41. The molecular formula is C10H18ClN3S. The van der Waals surface area contributed by atoms with Crippen LogP contribution in [0, 0.1) is 13.8 Å². The first-order valence-electron chi connectivity index (χ1n) is 4.82. The third-order valence-electron chi connectivity index (χ3n) is 1.91. The van der Waals surface area contributed by atoms with E-state index in [4.69, 9.17) is 5.73 Å². The number of hydrogen-bond donors (Lipinski definition) is 1. The van der Waals surface area contributed by atoms with Gasteiger partial charge in [-0.1, -0.05) is 18.7 Å². The summed E-state index contributed by atoms with van der Waals surface area (Å²) in [5.41, 5.74) is 7.86. The number of halogens is 1. The fourth-order valence-electron chi connectivity index (χ4n) is 1.06. The van der Waals surface area contributed by atoms with Gasteiger partial charge in [0.15, 0.2) is 5.16 Å². The summed E-state index contributed by atoms with van der Waals surface area (Å²) in [5.74, 6) is 0.888. The Bertz CT molecular complexity index is 286. The Balaban J connectivity index is 0.00000196. The van der Waals surface area contributed by atoms with Gasteiger partial charge in [-0.25, -0.2) is 9.97 Å². The van der Waals surface area contributed by atoms with Gasteiger partial charge in [0, 0.05) is 23.2 Å². The maximum atomic E-state index is 5.82. The third-order valence-corrected chi connectivity index (χ3v) is 2.95. The van der Waals surface area contributed by atoms with Crippen molar-refractivity contribution >= 4 is 24.2 Å². The van der Waals surface area contributed by atoms with Crippen LogP contribution in [-0.2, 0) is 0 Å². The van der Waals surface area contributed by atoms with E-state index in [1.165, 1.54) is 0 Å². The molecule has 0 saturated carbocycles. The fourth-order valence-corrected chi connectivity index (χ4v) is 2.07. The highest BCUT2D eigenvalue weighted by Gasteiger charge is 2.04. The lowest BCUT2D eigenvalue weighted by atomic mass is 10.3. The van der Waals surface area contributed by atoms with Gasteiger partial charge in [0.2, 0.25) is 0 Å². The molecule has 2 N–H and O–H groups in total. The summed E-state index contributed by atoms with van der Waals surface area (Å²) in [6, 6.07) is 2.22. The van der Waals surface area contributed by atoms with Gasteiger partial charge in [-0.15, -0.1) is 12.4 Å². The Morgan fingerprint density at radius 1 is 1.33 bits per heavy atom. The zero-order valence-electron chi connectivity index (χ0n) is 9.36. The largest absolute Gasteiger partial charge is 0.327 e. The second-order valence-corrected chi connectivity index (χ2v) is 4.40. The van der Waals surface area contributed by atoms with E-state index in [9.17, 15) is 0 Å². The van der Waals surface area contributed by atoms with Crippen LogP contribution in [0.1, 0.15) is 24.7 Å². The average Bonchev–Trinajstić information content (AvgIpc) is 2.12. The van der Waals surface area contributed by atoms with Gasteiger partial charge in [-0.2, -0.15) is 0 Å². The van der Waals surface area contributed by atoms with E-state index >= 15 is 0 Å². The number of aryl methyl sites for hydroxylation is 2. The third kappa shape index (κ3) is 5.35. The summed E-state index contributed by atoms with van der Waals surface area (Å²) in [6.07, 6.45) is 0.998. The van der Waals surface area contributed by atoms with Crippen molar-refractivity contribution in [1.29, 1.82) is 0 Å². The van der Waals surface area contributed by atoms with Gasteiger partial charge >= 0.3 is 0 Å². The summed E-state index contributed by atoms with van der Waals surface area (Å²) < 4.78 is 0. The van der Waals surface area contributed by atoms with Crippen LogP contribution in [0.4, 0.5) is 0 Å². The smallest absolute Gasteiger partial charge is 0.188 e. The van der Waals surface area contributed by atoms with Crippen molar-refractivity contribution in [1.82, 2.24) is 9.97 Å². The van der Waals surface area contributed by atoms with Gasteiger partial charge in [0.1, 0.15) is 0 Å². The molecule has 0 aliphatic rings. The Labute approximate surface area is 102 Å². The van der Waals surface area contributed by atoms with E-state index in [2.05, 4.69) is 16.9 Å². The molecule has 1 heterocycles. The molecule has 86 valence electrons. The first-order valence-corrected chi connectivity index (χ1v) is 5.81. The minimum absolute atomic E-state index is 0. The van der Waals surface area contributed by atoms with Crippen LogP contribution in [0.3, 0.4) is 0 Å². The molecule has 5 heteroatoms. The first kappa shape index (κ1) is 14.7. The molecule has 0 saturated heterocycles. The SMILES string of the molecule is CCC(N)CSc1nc(C)cc(C)n1.Cl. The number of thioether (sulfide) groups is 1. The molecule has 0 fully saturated rings. The van der Waals surface area contributed by atoms with Crippen LogP contribution in [-0.4, -0.2) is 21.8 Å². The fraction of sp³-hybridized carbons (Fsp3) is 0.600. The van der Waals surface area contributed by atoms with Crippen molar-refractivity contribution in [3.63, 3.8) is 0 Å². The minimum Gasteiger partial charge on any atom is -0.327 e. The number of aromatic nitrogens is 2. The van der Waals surface area contributed by atoms with Crippen molar-refractivity contribution in [3.8, 4) is 0 Å². The zero-order chi connectivity index (χ0) is 10.6. The van der Waals surface area contributed by atoms with Crippen molar-refractivity contribution in [2.75, 3.05) is 5.75 Å². The van der Waals surface area contributed by atoms with E-state index in [0.717, 1.165) is 28.7 Å². The molecule has 1 rings (SSSR count). The monoisotopic (exact) mass is 247 g/mol. The zero-order valence-corrected chi connectivity index (χ0v) is 11.0. The van der Waals surface area contributed by atoms with E-state index < -0.39 is 0 Å². The lowest BCUT2D eigenvalue weighted by molar-refractivity contribution is 0.722. The van der Waals surface area contributed by atoms with E-state index in [1.807, 2.05) is 19.9 Å². The molecule has 1 aromatic heterocycles. The quantitative estimate of drug-likeness (QED) is 0.656. The molecule has 0 radical (unpaired) electrons. The molecule has 3 nitrogen and oxygen atoms in total. The van der Waals surface area contributed by atoms with Crippen LogP contribution >= 0.6 is 24.2 Å². The van der Waals surface area contributed by atoms with Gasteiger partial charge < -0.3 is 5.73 Å². The highest BCUT2D eigenvalue weighted by atomic mass is 35.5. The molecule has 0 aromatic carbocycles. The van der Waals surface area contributed by atoms with E-state index in [1.54, 1.807) is 11.8 Å². The van der Waals surface area contributed by atoms with Gasteiger partial charge in [0.25, 0.3) is 0 Å². The molecule has 1 aromatic rings. The average molecular weight is 248 g/mol. The molecule has 0 spiro atoms. The van der Waals surface area contributed by atoms with Gasteiger partial charge in [-0.05, 0) is 26.3 Å². The number of rotatable bonds is 4. The Hall–Kier alpha value is -0.320. The van der Waals surface area contributed by atoms with Crippen LogP contribution in [0.25, 0.3) is 0 Å². The van der Waals surface area contributed by atoms with Crippen molar-refractivity contribution in [2.24, 2.45) is 5.73 Å². The van der Waals surface area contributed by atoms with Crippen molar-refractivity contribution < 1.29 is 0 Å². The van der Waals surface area contributed by atoms with Crippen LogP contribution in [0.15, 0.2) is 11.2 Å². The van der Waals surface area contributed by atoms with Crippen LogP contribution in [0.5, 0.6) is 0 Å². The normalized spacial score (nSPS) is 12.0. The van der Waals surface area contributed by atoms with Crippen LogP contribution < -0.4 is 5.73 Å². The predicted octanol–water partition coefficient (Wildman–Crippen LogP) is 2.34. The Morgan fingerprint density at radius 3 is 2.33 bits per heavy atom. The van der Waals surface area contributed by atoms with Gasteiger partial charge in [-0.3, -0.25) is 0 Å². The maximum Gasteiger partial charge on any atom is 0.188 e. The minimum atomic E-state index is 0. The number of nitrogens with two attached hydrogens (primary N) is 1. The Kier molecular flexibility index (Phi) is 6.89. The number of hydrogen-bond acceptors (Lipinski definition) is 4. The summed E-state index contributed by atoms with van der Waals surface area (Å²) in [7, 11) is 0. The van der Waals surface area contributed by atoms with E-state index in [-0.39, 0.29) is 18.4 Å². The predicted molar refractivity (Wildman–Crippen MR) is 67.7 cm³/mol. The van der Waals surface area contributed by atoms with Gasteiger partial charge in [0.05, 0.1) is 0 Å². The summed E-state index contributed by atoms with van der Waals surface area (Å²) in [5, 5.41) is 0.839. The van der Waals surface area contributed by atoms with E-state index in [0.29, 0.717) is 0 Å². The lowest BCUT2D eigenvalue weighted by Crippen LogP contribution is -2.21. The molecular weight excluding hydrogens is 230 g/mol. The van der Waals surface area contributed by atoms with Crippen molar-refractivity contribution in [2.45, 2.75) is 38.4 Å². The molecule has 1 atom stereocenters. The molecule has 0 aliphatic carbocycles. The summed E-state index contributed by atoms with van der Waals surface area (Å²) >= 11 is 1.63. The summed E-state index contributed by atoms with van der Waals surface area (Å²) in [4.78, 5) is 8.67. The molecule has 0 bridgehead atoms. The second kappa shape index (κ2) is 7.04. The summed E-state index contributed by atoms with van der Waals surface area (Å²) in [6.45, 7) is 6.06.